The maximum absolute atomic E-state index is 12.3. The van der Waals surface area contributed by atoms with E-state index in [1.165, 1.54) is 0 Å². The van der Waals surface area contributed by atoms with Crippen LogP contribution in [-0.2, 0) is 9.53 Å². The fourth-order valence-electron chi connectivity index (χ4n) is 0.373. The molecule has 0 aromatic rings. The van der Waals surface area contributed by atoms with Crippen molar-refractivity contribution < 1.29 is 18.3 Å². The summed E-state index contributed by atoms with van der Waals surface area (Å²) in [6, 6.07) is 0. The average Bonchev–Trinajstić information content (AvgIpc) is 1.84. The number of Topliss-reactive ketones (excluding diaryl/α,β-unsaturated/α-hetero) is 1. The lowest BCUT2D eigenvalue weighted by atomic mass is 10.2. The number of alkyl halides is 2. The summed E-state index contributed by atoms with van der Waals surface area (Å²) in [5.74, 6) is -1.25. The topological polar surface area (TPSA) is 26.3 Å². The van der Waals surface area contributed by atoms with E-state index in [4.69, 9.17) is 0 Å². The van der Waals surface area contributed by atoms with Crippen molar-refractivity contribution in [3.05, 3.63) is 0 Å². The third kappa shape index (κ3) is 4.03. The Hall–Kier alpha value is -0.510. The molecule has 2 nitrogen and oxygen atoms in total. The highest BCUT2D eigenvalue weighted by molar-refractivity contribution is 5.81. The number of hydrogen-bond donors (Lipinski definition) is 0. The Labute approximate surface area is 64.5 Å². The summed E-state index contributed by atoms with van der Waals surface area (Å²) in [5.41, 5.74) is 0. The van der Waals surface area contributed by atoms with Gasteiger partial charge in [0.25, 0.3) is 0 Å². The van der Waals surface area contributed by atoms with E-state index in [2.05, 4.69) is 4.74 Å². The van der Waals surface area contributed by atoms with E-state index in [0.717, 1.165) is 6.92 Å². The minimum absolute atomic E-state index is 0.000208. The summed E-state index contributed by atoms with van der Waals surface area (Å²) in [6.45, 7) is 4.17. The molecule has 0 atom stereocenters. The van der Waals surface area contributed by atoms with Crippen molar-refractivity contribution in [3.8, 4) is 0 Å². The summed E-state index contributed by atoms with van der Waals surface area (Å²) < 4.78 is 28.7. The molecule has 0 aliphatic rings. The summed E-state index contributed by atoms with van der Waals surface area (Å²) >= 11 is 0. The number of hydrogen-bond acceptors (Lipinski definition) is 2. The molecule has 0 aromatic carbocycles. The van der Waals surface area contributed by atoms with Gasteiger partial charge in [-0.2, -0.15) is 8.78 Å². The van der Waals surface area contributed by atoms with Crippen molar-refractivity contribution in [3.63, 3.8) is 0 Å². The molecule has 0 unspecified atom stereocenters. The highest BCUT2D eigenvalue weighted by Crippen LogP contribution is 2.17. The first-order valence-electron chi connectivity index (χ1n) is 3.39. The van der Waals surface area contributed by atoms with Crippen LogP contribution in [0.5, 0.6) is 0 Å². The van der Waals surface area contributed by atoms with Crippen molar-refractivity contribution in [2.45, 2.75) is 26.9 Å². The van der Waals surface area contributed by atoms with Gasteiger partial charge in [0.05, 0.1) is 6.61 Å². The van der Waals surface area contributed by atoms with Crippen LogP contribution < -0.4 is 0 Å². The average molecular weight is 166 g/mol. The molecule has 0 aromatic heterocycles. The Morgan fingerprint density at radius 1 is 1.55 bits per heavy atom. The van der Waals surface area contributed by atoms with Crippen LogP contribution in [0.4, 0.5) is 8.78 Å². The zero-order chi connectivity index (χ0) is 9.07. The quantitative estimate of drug-likeness (QED) is 0.637. The number of carbonyl (C=O) groups is 1. The van der Waals surface area contributed by atoms with Crippen LogP contribution in [0.3, 0.4) is 0 Å². The van der Waals surface area contributed by atoms with Gasteiger partial charge in [-0.15, -0.1) is 0 Å². The van der Waals surface area contributed by atoms with Crippen LogP contribution >= 0.6 is 0 Å². The predicted molar refractivity (Wildman–Crippen MR) is 36.4 cm³/mol. The van der Waals surface area contributed by atoms with Gasteiger partial charge in [0.2, 0.25) is 5.78 Å². The van der Waals surface area contributed by atoms with Crippen LogP contribution in [0.25, 0.3) is 0 Å². The minimum atomic E-state index is -3.61. The number of halogens is 2. The van der Waals surface area contributed by atoms with Gasteiger partial charge >= 0.3 is 6.11 Å². The van der Waals surface area contributed by atoms with E-state index in [1.807, 2.05) is 0 Å². The molecule has 0 bridgehead atoms. The number of ketones is 1. The van der Waals surface area contributed by atoms with Gasteiger partial charge in [0.1, 0.15) is 0 Å². The molecule has 0 radical (unpaired) electrons. The largest absolute Gasteiger partial charge is 0.415 e. The van der Waals surface area contributed by atoms with Crippen LogP contribution in [0, 0.1) is 5.92 Å². The molecule has 0 heterocycles. The second-order valence-electron chi connectivity index (χ2n) is 2.78. The fraction of sp³-hybridized carbons (Fsp3) is 0.857. The third-order valence-corrected chi connectivity index (χ3v) is 1.01. The first-order chi connectivity index (χ1) is 4.86. The SMILES string of the molecule is CC(=O)C(F)(F)OCC(C)C. The Morgan fingerprint density at radius 3 is 2.27 bits per heavy atom. The van der Waals surface area contributed by atoms with E-state index in [9.17, 15) is 13.6 Å². The summed E-state index contributed by atoms with van der Waals surface area (Å²) in [6.07, 6.45) is -3.61. The lowest BCUT2D eigenvalue weighted by Crippen LogP contribution is -2.31. The molecule has 4 heteroatoms. The third-order valence-electron chi connectivity index (χ3n) is 1.01. The molecular formula is C7H12F2O2. The lowest BCUT2D eigenvalue weighted by Gasteiger charge is -2.14. The van der Waals surface area contributed by atoms with E-state index >= 15 is 0 Å². The fourth-order valence-corrected chi connectivity index (χ4v) is 0.373. The van der Waals surface area contributed by atoms with Gasteiger partial charge in [-0.25, -0.2) is 0 Å². The van der Waals surface area contributed by atoms with Crippen molar-refractivity contribution in [2.24, 2.45) is 5.92 Å². The van der Waals surface area contributed by atoms with Gasteiger partial charge < -0.3 is 4.74 Å². The van der Waals surface area contributed by atoms with E-state index in [1.54, 1.807) is 13.8 Å². The Bertz CT molecular complexity index is 143. The molecule has 0 amide bonds. The predicted octanol–water partition coefficient (Wildman–Crippen LogP) is 1.84. The standard InChI is InChI=1S/C7H12F2O2/c1-5(2)4-11-7(8,9)6(3)10/h5H,4H2,1-3H3. The van der Waals surface area contributed by atoms with Gasteiger partial charge in [0.15, 0.2) is 0 Å². The molecule has 0 fully saturated rings. The second kappa shape index (κ2) is 3.76. The highest BCUT2D eigenvalue weighted by atomic mass is 19.3. The summed E-state index contributed by atoms with van der Waals surface area (Å²) in [4.78, 5) is 10.2. The van der Waals surface area contributed by atoms with E-state index in [-0.39, 0.29) is 12.5 Å². The normalized spacial score (nSPS) is 12.2. The van der Waals surface area contributed by atoms with E-state index < -0.39 is 11.9 Å². The molecule has 0 saturated carbocycles. The van der Waals surface area contributed by atoms with E-state index in [0.29, 0.717) is 0 Å². The van der Waals surface area contributed by atoms with Gasteiger partial charge in [0, 0.05) is 6.92 Å². The molecule has 0 saturated heterocycles. The molecule has 0 spiro atoms. The Kier molecular flexibility index (Phi) is 3.58. The maximum Gasteiger partial charge on any atom is 0.415 e. The molecule has 0 aliphatic heterocycles. The molecule has 0 N–H and O–H groups in total. The van der Waals surface area contributed by atoms with Crippen LogP contribution in [0.15, 0.2) is 0 Å². The maximum atomic E-state index is 12.3. The van der Waals surface area contributed by atoms with Crippen LogP contribution in [-0.4, -0.2) is 18.5 Å². The van der Waals surface area contributed by atoms with Gasteiger partial charge in [-0.3, -0.25) is 4.79 Å². The zero-order valence-electron chi connectivity index (χ0n) is 6.86. The lowest BCUT2D eigenvalue weighted by molar-refractivity contribution is -0.230. The van der Waals surface area contributed by atoms with Crippen LogP contribution in [0.2, 0.25) is 0 Å². The van der Waals surface area contributed by atoms with Crippen molar-refractivity contribution in [2.75, 3.05) is 6.61 Å². The zero-order valence-corrected chi connectivity index (χ0v) is 6.86. The van der Waals surface area contributed by atoms with Crippen molar-refractivity contribution in [1.82, 2.24) is 0 Å². The smallest absolute Gasteiger partial charge is 0.314 e. The summed E-state index contributed by atoms with van der Waals surface area (Å²) in [7, 11) is 0. The molecule has 0 rings (SSSR count). The Balaban J connectivity index is 3.83. The molecular weight excluding hydrogens is 154 g/mol. The highest BCUT2D eigenvalue weighted by Gasteiger charge is 2.36. The molecule has 0 aliphatic carbocycles. The molecule has 11 heavy (non-hydrogen) atoms. The first kappa shape index (κ1) is 10.5. The van der Waals surface area contributed by atoms with Crippen molar-refractivity contribution >= 4 is 5.78 Å². The second-order valence-corrected chi connectivity index (χ2v) is 2.78. The van der Waals surface area contributed by atoms with Crippen LogP contribution in [0.1, 0.15) is 20.8 Å². The monoisotopic (exact) mass is 166 g/mol. The number of carbonyl (C=O) groups excluding carboxylic acids is 1. The summed E-state index contributed by atoms with van der Waals surface area (Å²) in [5, 5.41) is 0. The first-order valence-corrected chi connectivity index (χ1v) is 3.39. The van der Waals surface area contributed by atoms with Gasteiger partial charge in [-0.05, 0) is 5.92 Å². The van der Waals surface area contributed by atoms with Gasteiger partial charge in [-0.1, -0.05) is 13.8 Å². The number of ether oxygens (including phenoxy) is 1. The minimum Gasteiger partial charge on any atom is -0.314 e. The number of rotatable bonds is 4. The molecule has 66 valence electrons. The Morgan fingerprint density at radius 2 is 2.00 bits per heavy atom. The van der Waals surface area contributed by atoms with Crippen molar-refractivity contribution in [1.29, 1.82) is 0 Å².